The molecule has 0 amide bonds. The molecule has 1 aliphatic heterocycles. The zero-order chi connectivity index (χ0) is 22.7. The predicted octanol–water partition coefficient (Wildman–Crippen LogP) is 4.82. The van der Waals surface area contributed by atoms with Crippen molar-refractivity contribution in [2.24, 2.45) is 0 Å². The van der Waals surface area contributed by atoms with E-state index in [1.165, 1.54) is 12.7 Å². The first-order valence-corrected chi connectivity index (χ1v) is 11.4. The molecule has 0 spiro atoms. The van der Waals surface area contributed by atoms with E-state index in [2.05, 4.69) is 22.4 Å². The zero-order valence-corrected chi connectivity index (χ0v) is 19.3. The minimum absolute atomic E-state index is 0.0821. The Hall–Kier alpha value is -3.26. The highest BCUT2D eigenvalue weighted by atomic mass is 32.2. The molecule has 0 fully saturated rings. The normalized spacial score (nSPS) is 15.3. The van der Waals surface area contributed by atoms with Gasteiger partial charge in [-0.15, -0.1) is 5.10 Å². The maximum Gasteiger partial charge on any atom is 0.338 e. The lowest BCUT2D eigenvalue weighted by Gasteiger charge is -2.28. The number of rotatable bonds is 7. The first kappa shape index (κ1) is 22.0. The summed E-state index contributed by atoms with van der Waals surface area (Å²) in [6.07, 6.45) is 0.0821. The van der Waals surface area contributed by atoms with E-state index in [4.69, 9.17) is 14.6 Å². The summed E-state index contributed by atoms with van der Waals surface area (Å²) in [4.78, 5) is 17.4. The summed E-state index contributed by atoms with van der Waals surface area (Å²) in [6, 6.07) is 17.4. The largest absolute Gasteiger partial charge is 0.491 e. The van der Waals surface area contributed by atoms with Crippen LogP contribution in [-0.4, -0.2) is 33.9 Å². The van der Waals surface area contributed by atoms with Crippen molar-refractivity contribution in [2.45, 2.75) is 43.8 Å². The number of anilines is 1. The number of esters is 1. The van der Waals surface area contributed by atoms with Crippen molar-refractivity contribution in [2.75, 3.05) is 12.4 Å². The number of thioether (sulfide) groups is 1. The topological polar surface area (TPSA) is 78.3 Å². The molecule has 0 aliphatic carbocycles. The SMILES string of the molecule is COC(=O)C1=C(C)Nc2nc(SCc3ccccc3)nn2C1c1ccc(OC(C)C)cc1. The van der Waals surface area contributed by atoms with E-state index in [1.54, 1.807) is 16.4 Å². The van der Waals surface area contributed by atoms with Crippen molar-refractivity contribution in [1.82, 2.24) is 14.8 Å². The van der Waals surface area contributed by atoms with Crippen LogP contribution < -0.4 is 10.1 Å². The van der Waals surface area contributed by atoms with E-state index in [-0.39, 0.29) is 6.10 Å². The number of nitrogens with one attached hydrogen (secondary N) is 1. The van der Waals surface area contributed by atoms with Crippen molar-refractivity contribution in [1.29, 1.82) is 0 Å². The Morgan fingerprint density at radius 3 is 2.53 bits per heavy atom. The third-order valence-corrected chi connectivity index (χ3v) is 5.93. The van der Waals surface area contributed by atoms with Gasteiger partial charge in [-0.2, -0.15) is 4.98 Å². The number of hydrogen-bond acceptors (Lipinski definition) is 7. The zero-order valence-electron chi connectivity index (χ0n) is 18.5. The Morgan fingerprint density at radius 1 is 1.16 bits per heavy atom. The van der Waals surface area contributed by atoms with Gasteiger partial charge in [0.15, 0.2) is 0 Å². The average Bonchev–Trinajstić information content (AvgIpc) is 3.19. The van der Waals surface area contributed by atoms with Crippen LogP contribution in [0.4, 0.5) is 5.95 Å². The molecule has 1 aliphatic rings. The molecule has 1 aromatic heterocycles. The number of carbonyl (C=O) groups excluding carboxylic acids is 1. The molecular weight excluding hydrogens is 424 g/mol. The highest BCUT2D eigenvalue weighted by molar-refractivity contribution is 7.98. The van der Waals surface area contributed by atoms with Crippen LogP contribution in [0, 0.1) is 0 Å². The van der Waals surface area contributed by atoms with E-state index >= 15 is 0 Å². The van der Waals surface area contributed by atoms with Crippen LogP contribution in [0.3, 0.4) is 0 Å². The Balaban J connectivity index is 1.67. The smallest absolute Gasteiger partial charge is 0.338 e. The molecule has 2 aromatic carbocycles. The fraction of sp³-hybridized carbons (Fsp3) is 0.292. The van der Waals surface area contributed by atoms with Crippen LogP contribution >= 0.6 is 11.8 Å². The van der Waals surface area contributed by atoms with Crippen LogP contribution in [0.25, 0.3) is 0 Å². The van der Waals surface area contributed by atoms with Gasteiger partial charge in [-0.1, -0.05) is 54.2 Å². The van der Waals surface area contributed by atoms with Gasteiger partial charge in [-0.3, -0.25) is 0 Å². The van der Waals surface area contributed by atoms with Gasteiger partial charge in [0.25, 0.3) is 0 Å². The molecule has 8 heteroatoms. The number of allylic oxidation sites excluding steroid dienone is 1. The van der Waals surface area contributed by atoms with E-state index in [1.807, 2.05) is 63.2 Å². The quantitative estimate of drug-likeness (QED) is 0.408. The Bertz CT molecular complexity index is 1120. The van der Waals surface area contributed by atoms with Gasteiger partial charge in [0.2, 0.25) is 11.1 Å². The second-order valence-corrected chi connectivity index (χ2v) is 8.67. The number of benzene rings is 2. The lowest BCUT2D eigenvalue weighted by molar-refractivity contribution is -0.136. The van der Waals surface area contributed by atoms with Gasteiger partial charge < -0.3 is 14.8 Å². The van der Waals surface area contributed by atoms with Crippen LogP contribution in [-0.2, 0) is 15.3 Å². The molecule has 1 atom stereocenters. The summed E-state index contributed by atoms with van der Waals surface area (Å²) in [5.74, 6) is 1.73. The Kier molecular flexibility index (Phi) is 6.50. The maximum absolute atomic E-state index is 12.7. The summed E-state index contributed by atoms with van der Waals surface area (Å²) in [6.45, 7) is 5.82. The minimum Gasteiger partial charge on any atom is -0.491 e. The van der Waals surface area contributed by atoms with Crippen molar-refractivity contribution in [3.05, 3.63) is 77.0 Å². The highest BCUT2D eigenvalue weighted by Crippen LogP contribution is 2.37. The van der Waals surface area contributed by atoms with Crippen molar-refractivity contribution >= 4 is 23.7 Å². The number of ether oxygens (including phenoxy) is 2. The third kappa shape index (κ3) is 4.65. The summed E-state index contributed by atoms with van der Waals surface area (Å²) in [7, 11) is 1.39. The van der Waals surface area contributed by atoms with Gasteiger partial charge in [-0.25, -0.2) is 9.48 Å². The van der Waals surface area contributed by atoms with Gasteiger partial charge >= 0.3 is 5.97 Å². The molecule has 2 heterocycles. The molecule has 0 radical (unpaired) electrons. The second kappa shape index (κ2) is 9.48. The third-order valence-electron chi connectivity index (χ3n) is 5.02. The molecular formula is C24H26N4O3S. The second-order valence-electron chi connectivity index (χ2n) is 7.73. The van der Waals surface area contributed by atoms with Gasteiger partial charge in [-0.05, 0) is 44.0 Å². The van der Waals surface area contributed by atoms with E-state index in [9.17, 15) is 4.79 Å². The monoisotopic (exact) mass is 450 g/mol. The van der Waals surface area contributed by atoms with Crippen molar-refractivity contribution in [3.8, 4) is 5.75 Å². The average molecular weight is 451 g/mol. The molecule has 0 bridgehead atoms. The number of nitrogens with zero attached hydrogens (tertiary/aromatic N) is 3. The lowest BCUT2D eigenvalue weighted by Crippen LogP contribution is -2.29. The van der Waals surface area contributed by atoms with Crippen LogP contribution in [0.1, 0.15) is 37.9 Å². The van der Waals surface area contributed by atoms with Gasteiger partial charge in [0.1, 0.15) is 11.8 Å². The molecule has 1 unspecified atom stereocenters. The molecule has 1 N–H and O–H groups in total. The number of fused-ring (bicyclic) bond motifs is 1. The minimum atomic E-state index is -0.453. The maximum atomic E-state index is 12.7. The Labute approximate surface area is 191 Å². The molecule has 32 heavy (non-hydrogen) atoms. The molecule has 7 nitrogen and oxygen atoms in total. The predicted molar refractivity (Wildman–Crippen MR) is 125 cm³/mol. The summed E-state index contributed by atoms with van der Waals surface area (Å²) >= 11 is 1.55. The summed E-state index contributed by atoms with van der Waals surface area (Å²) in [5, 5.41) is 8.58. The standard InChI is InChI=1S/C24H26N4O3S/c1-15(2)31-19-12-10-18(11-13-19)21-20(22(29)30-4)16(3)25-23-26-24(27-28(21)23)32-14-17-8-6-5-7-9-17/h5-13,15,21H,14H2,1-4H3,(H,25,26,27). The van der Waals surface area contributed by atoms with Gasteiger partial charge in [0.05, 0.1) is 18.8 Å². The lowest BCUT2D eigenvalue weighted by atomic mass is 9.96. The van der Waals surface area contributed by atoms with Crippen molar-refractivity contribution < 1.29 is 14.3 Å². The van der Waals surface area contributed by atoms with Crippen molar-refractivity contribution in [3.63, 3.8) is 0 Å². The van der Waals surface area contributed by atoms with E-state index < -0.39 is 12.0 Å². The van der Waals surface area contributed by atoms with Crippen LogP contribution in [0.5, 0.6) is 5.75 Å². The van der Waals surface area contributed by atoms with Crippen LogP contribution in [0.15, 0.2) is 71.0 Å². The van der Waals surface area contributed by atoms with Gasteiger partial charge in [0, 0.05) is 11.4 Å². The molecule has 4 rings (SSSR count). The number of aromatic nitrogens is 3. The fourth-order valence-electron chi connectivity index (χ4n) is 3.60. The van der Waals surface area contributed by atoms with Crippen LogP contribution in [0.2, 0.25) is 0 Å². The molecule has 0 saturated heterocycles. The molecule has 0 saturated carbocycles. The number of methoxy groups -OCH3 is 1. The number of hydrogen-bond donors (Lipinski definition) is 1. The summed E-state index contributed by atoms with van der Waals surface area (Å²) in [5.41, 5.74) is 3.29. The highest BCUT2D eigenvalue weighted by Gasteiger charge is 2.35. The number of carbonyl (C=O) groups is 1. The Morgan fingerprint density at radius 2 is 1.88 bits per heavy atom. The first-order chi connectivity index (χ1) is 15.5. The van der Waals surface area contributed by atoms with E-state index in [0.717, 1.165) is 17.1 Å². The summed E-state index contributed by atoms with van der Waals surface area (Å²) < 4.78 is 12.6. The fourth-order valence-corrected chi connectivity index (χ4v) is 4.38. The molecule has 166 valence electrons. The molecule has 3 aromatic rings. The first-order valence-electron chi connectivity index (χ1n) is 10.4. The van der Waals surface area contributed by atoms with E-state index in [0.29, 0.717) is 22.4 Å².